The Balaban J connectivity index is 1.57. The molecule has 2 N–H and O–H groups in total. The zero-order chi connectivity index (χ0) is 18.5. The van der Waals surface area contributed by atoms with E-state index in [9.17, 15) is 4.79 Å². The monoisotopic (exact) mass is 391 g/mol. The number of aryl methyl sites for hydroxylation is 1. The minimum atomic E-state index is -0.0692. The molecule has 0 bridgehead atoms. The molecule has 6 heteroatoms. The number of nitrogens with zero attached hydrogens (tertiary/aromatic N) is 1. The number of benzene rings is 1. The number of piperidine rings is 1. The fourth-order valence-electron chi connectivity index (χ4n) is 3.36. The van der Waals surface area contributed by atoms with Crippen molar-refractivity contribution in [1.82, 2.24) is 15.6 Å². The van der Waals surface area contributed by atoms with Gasteiger partial charge in [0.05, 0.1) is 11.7 Å². The van der Waals surface area contributed by atoms with Crippen LogP contribution in [0, 0.1) is 12.8 Å². The van der Waals surface area contributed by atoms with Gasteiger partial charge in [-0.05, 0) is 64.3 Å². The topological polar surface area (TPSA) is 54.0 Å². The minimum absolute atomic E-state index is 0.0692. The second-order valence-electron chi connectivity index (χ2n) is 6.99. The van der Waals surface area contributed by atoms with Crippen LogP contribution in [0.3, 0.4) is 0 Å². The van der Waals surface area contributed by atoms with Gasteiger partial charge in [0.2, 0.25) is 5.91 Å². The van der Waals surface area contributed by atoms with E-state index in [4.69, 9.17) is 16.6 Å². The molecule has 1 amide bonds. The van der Waals surface area contributed by atoms with Crippen LogP contribution in [-0.4, -0.2) is 24.0 Å². The number of nitrogens with one attached hydrogen (secondary N) is 2. The first kappa shape index (κ1) is 19.3. The van der Waals surface area contributed by atoms with Crippen molar-refractivity contribution in [2.45, 2.75) is 45.6 Å². The summed E-state index contributed by atoms with van der Waals surface area (Å²) in [6.45, 7) is 6.23. The van der Waals surface area contributed by atoms with Crippen molar-refractivity contribution in [2.24, 2.45) is 5.92 Å². The zero-order valence-corrected chi connectivity index (χ0v) is 16.9. The van der Waals surface area contributed by atoms with E-state index in [2.05, 4.69) is 17.6 Å². The van der Waals surface area contributed by atoms with Crippen LogP contribution in [-0.2, 0) is 4.79 Å². The average Bonchev–Trinajstić information content (AvgIpc) is 3.03. The third kappa shape index (κ3) is 5.06. The number of hydrogen-bond acceptors (Lipinski definition) is 4. The molecule has 0 aliphatic carbocycles. The third-order valence-corrected chi connectivity index (χ3v) is 6.32. The number of carbonyl (C=O) groups is 1. The van der Waals surface area contributed by atoms with E-state index in [1.165, 1.54) is 12.8 Å². The maximum atomic E-state index is 12.3. The van der Waals surface area contributed by atoms with Gasteiger partial charge in [0, 0.05) is 21.9 Å². The number of amides is 1. The molecule has 0 radical (unpaired) electrons. The molecular weight excluding hydrogens is 366 g/mol. The highest BCUT2D eigenvalue weighted by atomic mass is 35.5. The average molecular weight is 392 g/mol. The van der Waals surface area contributed by atoms with Crippen molar-refractivity contribution in [3.05, 3.63) is 39.2 Å². The quantitative estimate of drug-likeness (QED) is 0.748. The molecule has 0 spiro atoms. The number of halogens is 1. The molecule has 1 saturated heterocycles. The van der Waals surface area contributed by atoms with Crippen molar-refractivity contribution in [3.63, 3.8) is 0 Å². The molecule has 1 atom stereocenters. The Morgan fingerprint density at radius 3 is 2.73 bits per heavy atom. The fourth-order valence-corrected chi connectivity index (χ4v) is 4.43. The van der Waals surface area contributed by atoms with E-state index in [1.807, 2.05) is 31.2 Å². The van der Waals surface area contributed by atoms with Crippen LogP contribution in [0.25, 0.3) is 11.3 Å². The van der Waals surface area contributed by atoms with Crippen LogP contribution < -0.4 is 10.6 Å². The lowest BCUT2D eigenvalue weighted by atomic mass is 9.93. The van der Waals surface area contributed by atoms with Crippen molar-refractivity contribution in [3.8, 4) is 11.3 Å². The van der Waals surface area contributed by atoms with Gasteiger partial charge in [-0.1, -0.05) is 23.7 Å². The van der Waals surface area contributed by atoms with E-state index < -0.39 is 0 Å². The van der Waals surface area contributed by atoms with E-state index in [-0.39, 0.29) is 11.9 Å². The maximum Gasteiger partial charge on any atom is 0.220 e. The molecule has 1 aliphatic heterocycles. The molecule has 140 valence electrons. The smallest absolute Gasteiger partial charge is 0.220 e. The first-order valence-electron chi connectivity index (χ1n) is 9.26. The Hall–Kier alpha value is -1.43. The summed E-state index contributed by atoms with van der Waals surface area (Å²) in [5.74, 6) is 0.799. The van der Waals surface area contributed by atoms with Gasteiger partial charge in [0.15, 0.2) is 0 Å². The predicted octanol–water partition coefficient (Wildman–Crippen LogP) is 4.73. The highest BCUT2D eigenvalue weighted by molar-refractivity contribution is 7.12. The first-order chi connectivity index (χ1) is 12.5. The zero-order valence-electron chi connectivity index (χ0n) is 15.3. The molecule has 26 heavy (non-hydrogen) atoms. The van der Waals surface area contributed by atoms with Gasteiger partial charge < -0.3 is 10.6 Å². The molecule has 0 saturated carbocycles. The van der Waals surface area contributed by atoms with E-state index >= 15 is 0 Å². The van der Waals surface area contributed by atoms with Gasteiger partial charge in [-0.15, -0.1) is 11.3 Å². The number of hydrogen-bond donors (Lipinski definition) is 2. The van der Waals surface area contributed by atoms with Crippen molar-refractivity contribution in [1.29, 1.82) is 0 Å². The Morgan fingerprint density at radius 2 is 2.04 bits per heavy atom. The van der Waals surface area contributed by atoms with E-state index in [0.29, 0.717) is 12.3 Å². The van der Waals surface area contributed by atoms with Crippen molar-refractivity contribution in [2.75, 3.05) is 13.1 Å². The van der Waals surface area contributed by atoms with Gasteiger partial charge in [-0.2, -0.15) is 0 Å². The lowest BCUT2D eigenvalue weighted by Gasteiger charge is -2.22. The number of aromatic nitrogens is 1. The van der Waals surface area contributed by atoms with E-state index in [0.717, 1.165) is 45.7 Å². The standard InChI is InChI=1S/C20H26ClN3OS/c1-13(23-18(25)8-3-15-9-11-22-12-10-15)20-24-19(14(2)26-20)16-4-6-17(21)7-5-16/h4-7,13,15,22H,3,8-12H2,1-2H3,(H,23,25). The van der Waals surface area contributed by atoms with Gasteiger partial charge >= 0.3 is 0 Å². The minimum Gasteiger partial charge on any atom is -0.347 e. The Bertz CT molecular complexity index is 738. The largest absolute Gasteiger partial charge is 0.347 e. The first-order valence-corrected chi connectivity index (χ1v) is 10.5. The molecule has 3 rings (SSSR count). The fraction of sp³-hybridized carbons (Fsp3) is 0.500. The van der Waals surface area contributed by atoms with Crippen LogP contribution in [0.2, 0.25) is 5.02 Å². The molecular formula is C20H26ClN3OS. The lowest BCUT2D eigenvalue weighted by molar-refractivity contribution is -0.122. The summed E-state index contributed by atoms with van der Waals surface area (Å²) in [6.07, 6.45) is 3.94. The maximum absolute atomic E-state index is 12.3. The van der Waals surface area contributed by atoms with E-state index in [1.54, 1.807) is 11.3 Å². The van der Waals surface area contributed by atoms with Crippen LogP contribution in [0.1, 0.15) is 48.5 Å². The summed E-state index contributed by atoms with van der Waals surface area (Å²) < 4.78 is 0. The molecule has 1 unspecified atom stereocenters. The van der Waals surface area contributed by atoms with Gasteiger partial charge in [-0.3, -0.25) is 4.79 Å². The van der Waals surface area contributed by atoms with Crippen LogP contribution >= 0.6 is 22.9 Å². The van der Waals surface area contributed by atoms with Crippen LogP contribution in [0.5, 0.6) is 0 Å². The Kier molecular flexibility index (Phi) is 6.68. The second-order valence-corrected chi connectivity index (χ2v) is 8.66. The number of carbonyl (C=O) groups excluding carboxylic acids is 1. The number of thiazole rings is 1. The van der Waals surface area contributed by atoms with Crippen LogP contribution in [0.4, 0.5) is 0 Å². The molecule has 2 heterocycles. The SMILES string of the molecule is Cc1sc(C(C)NC(=O)CCC2CCNCC2)nc1-c1ccc(Cl)cc1. The molecule has 1 aromatic carbocycles. The van der Waals surface area contributed by atoms with Gasteiger partial charge in [-0.25, -0.2) is 4.98 Å². The summed E-state index contributed by atoms with van der Waals surface area (Å²) >= 11 is 7.61. The highest BCUT2D eigenvalue weighted by Gasteiger charge is 2.18. The summed E-state index contributed by atoms with van der Waals surface area (Å²) in [6, 6.07) is 7.65. The van der Waals surface area contributed by atoms with Crippen molar-refractivity contribution < 1.29 is 4.79 Å². The van der Waals surface area contributed by atoms with Gasteiger partial charge in [0.25, 0.3) is 0 Å². The molecule has 1 fully saturated rings. The Labute approximate surface area is 164 Å². The normalized spacial score (nSPS) is 16.4. The second kappa shape index (κ2) is 8.98. The van der Waals surface area contributed by atoms with Crippen molar-refractivity contribution >= 4 is 28.8 Å². The van der Waals surface area contributed by atoms with Crippen LogP contribution in [0.15, 0.2) is 24.3 Å². The van der Waals surface area contributed by atoms with Gasteiger partial charge in [0.1, 0.15) is 5.01 Å². The molecule has 2 aromatic rings. The lowest BCUT2D eigenvalue weighted by Crippen LogP contribution is -2.30. The summed E-state index contributed by atoms with van der Waals surface area (Å²) in [5, 5.41) is 8.14. The molecule has 4 nitrogen and oxygen atoms in total. The molecule has 1 aromatic heterocycles. The summed E-state index contributed by atoms with van der Waals surface area (Å²) in [7, 11) is 0. The summed E-state index contributed by atoms with van der Waals surface area (Å²) in [4.78, 5) is 18.2. The number of rotatable bonds is 6. The highest BCUT2D eigenvalue weighted by Crippen LogP contribution is 2.31. The third-order valence-electron chi connectivity index (χ3n) is 4.92. The molecule has 1 aliphatic rings. The Morgan fingerprint density at radius 1 is 1.35 bits per heavy atom. The summed E-state index contributed by atoms with van der Waals surface area (Å²) in [5.41, 5.74) is 2.02. The predicted molar refractivity (Wildman–Crippen MR) is 109 cm³/mol.